The zero-order valence-electron chi connectivity index (χ0n) is 14.5. The summed E-state index contributed by atoms with van der Waals surface area (Å²) in [4.78, 5) is 8.94. The highest BCUT2D eigenvalue weighted by Crippen LogP contribution is 2.31. The lowest BCUT2D eigenvalue weighted by Gasteiger charge is -2.20. The van der Waals surface area contributed by atoms with E-state index in [9.17, 15) is 0 Å². The lowest BCUT2D eigenvalue weighted by atomic mass is 10.1. The number of hydrazine groups is 2. The molecule has 6 nitrogen and oxygen atoms in total. The van der Waals surface area contributed by atoms with Crippen molar-refractivity contribution in [3.63, 3.8) is 0 Å². The number of nitrogens with zero attached hydrogens (tertiary/aromatic N) is 1. The van der Waals surface area contributed by atoms with E-state index in [0.29, 0.717) is 13.0 Å². The Morgan fingerprint density at radius 2 is 1.79 bits per heavy atom. The van der Waals surface area contributed by atoms with Crippen molar-refractivity contribution in [2.45, 2.75) is 26.9 Å². The van der Waals surface area contributed by atoms with Crippen LogP contribution in [-0.4, -0.2) is 13.5 Å². The van der Waals surface area contributed by atoms with Crippen molar-refractivity contribution < 1.29 is 9.53 Å². The predicted octanol–water partition coefficient (Wildman–Crippen LogP) is 2.05. The summed E-state index contributed by atoms with van der Waals surface area (Å²) in [5.74, 6) is 11.2. The lowest BCUT2D eigenvalue weighted by molar-refractivity contribution is -0.109. The van der Waals surface area contributed by atoms with Crippen molar-refractivity contribution in [3.8, 4) is 5.75 Å². The van der Waals surface area contributed by atoms with E-state index in [2.05, 4.69) is 37.9 Å². The van der Waals surface area contributed by atoms with Crippen LogP contribution in [0.5, 0.6) is 5.75 Å². The highest BCUT2D eigenvalue weighted by atomic mass is 16.5. The normalized spacial score (nSPS) is 9.54. The molecule has 0 atom stereocenters. The zero-order chi connectivity index (χ0) is 17.9. The van der Waals surface area contributed by atoms with E-state index in [4.69, 9.17) is 15.4 Å². The number of carbonyl (C=O) groups is 1. The van der Waals surface area contributed by atoms with Crippen LogP contribution in [0.3, 0.4) is 0 Å². The Kier molecular flexibility index (Phi) is 8.32. The Morgan fingerprint density at radius 3 is 2.33 bits per heavy atom. The standard InChI is InChI=1S/C17H22N2O.CH4N2O/c1-4-14-10-7-11-16(19(3)18)17(14)20-12-15-9-6-5-8-13(15)2;2-3-1-4/h5-11H,4,12,18H2,1-3H3;1H,2H2,(H,3,4). The average molecular weight is 330 g/mol. The molecular formula is C18H26N4O2. The van der Waals surface area contributed by atoms with Crippen LogP contribution in [0.4, 0.5) is 5.69 Å². The molecule has 2 rings (SSSR count). The number of nitrogens with two attached hydrogens (primary N) is 2. The van der Waals surface area contributed by atoms with Crippen LogP contribution in [0, 0.1) is 6.92 Å². The number of aryl methyl sites for hydroxylation is 2. The second-order valence-corrected chi connectivity index (χ2v) is 5.23. The highest BCUT2D eigenvalue weighted by molar-refractivity contribution is 5.60. The summed E-state index contributed by atoms with van der Waals surface area (Å²) in [5.41, 5.74) is 6.28. The van der Waals surface area contributed by atoms with Crippen LogP contribution in [0.25, 0.3) is 0 Å². The van der Waals surface area contributed by atoms with E-state index in [0.717, 1.165) is 17.9 Å². The first-order chi connectivity index (χ1) is 11.5. The van der Waals surface area contributed by atoms with Gasteiger partial charge in [0.1, 0.15) is 12.4 Å². The van der Waals surface area contributed by atoms with Crippen molar-refractivity contribution in [1.82, 2.24) is 5.43 Å². The van der Waals surface area contributed by atoms with Crippen LogP contribution in [0.15, 0.2) is 42.5 Å². The minimum absolute atomic E-state index is 0.403. The summed E-state index contributed by atoms with van der Waals surface area (Å²) >= 11 is 0. The number of rotatable bonds is 6. The van der Waals surface area contributed by atoms with E-state index in [-0.39, 0.29) is 0 Å². The number of benzene rings is 2. The first kappa shape index (κ1) is 19.5. The molecule has 24 heavy (non-hydrogen) atoms. The smallest absolute Gasteiger partial charge is 0.221 e. The fourth-order valence-electron chi connectivity index (χ4n) is 2.22. The van der Waals surface area contributed by atoms with Crippen LogP contribution >= 0.6 is 0 Å². The summed E-state index contributed by atoms with van der Waals surface area (Å²) < 4.78 is 6.07. The van der Waals surface area contributed by atoms with Gasteiger partial charge in [0.15, 0.2) is 0 Å². The number of hydrogen-bond acceptors (Lipinski definition) is 5. The third-order valence-corrected chi connectivity index (χ3v) is 3.54. The number of nitrogens with one attached hydrogen (secondary N) is 1. The topological polar surface area (TPSA) is 93.6 Å². The molecular weight excluding hydrogens is 304 g/mol. The Bertz CT molecular complexity index is 645. The minimum atomic E-state index is 0.403. The molecule has 0 spiro atoms. The first-order valence-corrected chi connectivity index (χ1v) is 7.72. The molecule has 0 saturated carbocycles. The number of carbonyl (C=O) groups excluding carboxylic acids is 1. The largest absolute Gasteiger partial charge is 0.486 e. The molecule has 5 N–H and O–H groups in total. The van der Waals surface area contributed by atoms with Crippen molar-refractivity contribution in [1.29, 1.82) is 0 Å². The van der Waals surface area contributed by atoms with Crippen LogP contribution in [-0.2, 0) is 17.8 Å². The molecule has 0 saturated heterocycles. The Balaban J connectivity index is 0.000000648. The Hall–Kier alpha value is -2.57. The quantitative estimate of drug-likeness (QED) is 0.326. The van der Waals surface area contributed by atoms with Gasteiger partial charge in [0.25, 0.3) is 0 Å². The SMILES string of the molecule is CCc1cccc(N(C)N)c1OCc1ccccc1C.NNC=O. The van der Waals surface area contributed by atoms with Crippen molar-refractivity contribution in [2.24, 2.45) is 11.7 Å². The highest BCUT2D eigenvalue weighted by Gasteiger charge is 2.11. The first-order valence-electron chi connectivity index (χ1n) is 7.72. The molecule has 0 heterocycles. The summed E-state index contributed by atoms with van der Waals surface area (Å²) in [7, 11) is 1.83. The van der Waals surface area contributed by atoms with Gasteiger partial charge in [-0.2, -0.15) is 0 Å². The molecule has 0 aromatic heterocycles. The number of amides is 1. The third kappa shape index (κ3) is 5.57. The molecule has 0 bridgehead atoms. The number of hydrogen-bond donors (Lipinski definition) is 3. The second kappa shape index (κ2) is 10.3. The molecule has 130 valence electrons. The van der Waals surface area contributed by atoms with Gasteiger partial charge < -0.3 is 9.75 Å². The summed E-state index contributed by atoms with van der Waals surface area (Å²) in [5, 5.41) is 1.60. The van der Waals surface area contributed by atoms with Crippen LogP contribution in [0.1, 0.15) is 23.6 Å². The fraction of sp³-hybridized carbons (Fsp3) is 0.278. The van der Waals surface area contributed by atoms with Gasteiger partial charge in [-0.25, -0.2) is 11.7 Å². The van der Waals surface area contributed by atoms with Crippen LogP contribution < -0.4 is 26.9 Å². The van der Waals surface area contributed by atoms with Crippen LogP contribution in [0.2, 0.25) is 0 Å². The van der Waals surface area contributed by atoms with Crippen molar-refractivity contribution >= 4 is 12.1 Å². The van der Waals surface area contributed by atoms with Crippen molar-refractivity contribution in [2.75, 3.05) is 12.1 Å². The Morgan fingerprint density at radius 1 is 1.17 bits per heavy atom. The summed E-state index contributed by atoms with van der Waals surface area (Å²) in [6.45, 7) is 4.78. The van der Waals surface area contributed by atoms with E-state index in [1.807, 2.05) is 31.3 Å². The minimum Gasteiger partial charge on any atom is -0.486 e. The number of para-hydroxylation sites is 1. The zero-order valence-corrected chi connectivity index (χ0v) is 14.5. The van der Waals surface area contributed by atoms with Gasteiger partial charge in [-0.15, -0.1) is 0 Å². The maximum Gasteiger partial charge on any atom is 0.221 e. The van der Waals surface area contributed by atoms with Gasteiger partial charge >= 0.3 is 0 Å². The summed E-state index contributed by atoms with van der Waals surface area (Å²) in [6.07, 6.45) is 1.32. The van der Waals surface area contributed by atoms with Gasteiger partial charge in [0, 0.05) is 7.05 Å². The number of ether oxygens (including phenoxy) is 1. The molecule has 0 fully saturated rings. The van der Waals surface area contributed by atoms with Crippen molar-refractivity contribution in [3.05, 3.63) is 59.2 Å². The van der Waals surface area contributed by atoms with Gasteiger partial charge in [-0.3, -0.25) is 10.2 Å². The van der Waals surface area contributed by atoms with E-state index >= 15 is 0 Å². The lowest BCUT2D eigenvalue weighted by Crippen LogP contribution is -2.26. The third-order valence-electron chi connectivity index (χ3n) is 3.54. The molecule has 0 aliphatic carbocycles. The van der Waals surface area contributed by atoms with Gasteiger partial charge in [-0.05, 0) is 36.1 Å². The van der Waals surface area contributed by atoms with Gasteiger partial charge in [-0.1, -0.05) is 43.3 Å². The van der Waals surface area contributed by atoms with E-state index in [1.54, 1.807) is 10.4 Å². The number of anilines is 1. The van der Waals surface area contributed by atoms with E-state index in [1.165, 1.54) is 16.7 Å². The molecule has 0 radical (unpaired) electrons. The molecule has 6 heteroatoms. The predicted molar refractivity (Wildman–Crippen MR) is 97.3 cm³/mol. The molecule has 2 aromatic rings. The maximum absolute atomic E-state index is 8.94. The molecule has 2 aromatic carbocycles. The van der Waals surface area contributed by atoms with E-state index < -0.39 is 0 Å². The molecule has 0 unspecified atom stereocenters. The maximum atomic E-state index is 8.94. The molecule has 0 aliphatic heterocycles. The summed E-state index contributed by atoms with van der Waals surface area (Å²) in [6, 6.07) is 14.3. The molecule has 0 aliphatic rings. The second-order valence-electron chi connectivity index (χ2n) is 5.23. The fourth-order valence-corrected chi connectivity index (χ4v) is 2.22. The molecule has 1 amide bonds. The van der Waals surface area contributed by atoms with Gasteiger partial charge in [0.05, 0.1) is 5.69 Å². The van der Waals surface area contributed by atoms with Gasteiger partial charge in [0.2, 0.25) is 6.41 Å². The average Bonchev–Trinajstić information content (AvgIpc) is 2.60. The monoisotopic (exact) mass is 330 g/mol. The Labute approximate surface area is 143 Å².